The van der Waals surface area contributed by atoms with Gasteiger partial charge in [-0.25, -0.2) is 0 Å². The minimum atomic E-state index is -0.626. The van der Waals surface area contributed by atoms with Crippen molar-refractivity contribution in [1.82, 2.24) is 0 Å². The smallest absolute Gasteiger partial charge is 0.272 e. The number of alkyl halides is 1. The maximum absolute atomic E-state index is 11.3. The Balaban J connectivity index is 1.35. The highest BCUT2D eigenvalue weighted by atomic mass is 127. The molecule has 1 aromatic carbocycles. The van der Waals surface area contributed by atoms with E-state index in [-0.39, 0.29) is 17.1 Å². The van der Waals surface area contributed by atoms with Gasteiger partial charge in [-0.1, -0.05) is 22.6 Å². The number of nitro benzene ring substituents is 2. The standard InChI is InChI=1S/C17H15IN4O4/c18-16-12-6-4-7-10(12)15-14(16)11(6)13(7)17(15)20-19-8-2-1-5(21(23)24)3-9(8)22(25)26/h1-3,6-7,10-16,19H,4H2/b20-17-/t6-,7-,10-,11-,12-,13-,14-,15+,16-/m0/s1. The molecule has 1 N–H and O–H groups in total. The molecule has 0 spiro atoms. The van der Waals surface area contributed by atoms with Gasteiger partial charge in [0.15, 0.2) is 0 Å². The highest BCUT2D eigenvalue weighted by molar-refractivity contribution is 14.1. The number of non-ortho nitro benzene ring substituents is 1. The summed E-state index contributed by atoms with van der Waals surface area (Å²) >= 11 is 2.65. The van der Waals surface area contributed by atoms with Gasteiger partial charge in [0, 0.05) is 27.5 Å². The van der Waals surface area contributed by atoms with Crippen LogP contribution in [0.4, 0.5) is 17.1 Å². The quantitative estimate of drug-likeness (QED) is 0.316. The summed E-state index contributed by atoms with van der Waals surface area (Å²) in [5, 5.41) is 26.8. The molecule has 7 rings (SSSR count). The van der Waals surface area contributed by atoms with E-state index in [1.807, 2.05) is 0 Å². The first-order valence-electron chi connectivity index (χ1n) is 8.89. The zero-order valence-corrected chi connectivity index (χ0v) is 15.6. The Hall–Kier alpha value is -1.78. The van der Waals surface area contributed by atoms with E-state index in [1.165, 1.54) is 24.3 Å². The summed E-state index contributed by atoms with van der Waals surface area (Å²) in [5.74, 6) is 5.89. The third-order valence-electron chi connectivity index (χ3n) is 7.73. The molecule has 0 heterocycles. The number of nitrogens with zero attached hydrogens (tertiary/aromatic N) is 3. The van der Waals surface area contributed by atoms with E-state index in [0.29, 0.717) is 11.8 Å². The number of hydrogen-bond donors (Lipinski definition) is 1. The minimum Gasteiger partial charge on any atom is -0.272 e. The molecule has 6 fully saturated rings. The Kier molecular flexibility index (Phi) is 2.78. The third kappa shape index (κ3) is 1.55. The summed E-state index contributed by atoms with van der Waals surface area (Å²) in [6.45, 7) is 0. The lowest BCUT2D eigenvalue weighted by Gasteiger charge is -2.32. The number of benzene rings is 1. The molecule has 0 saturated heterocycles. The van der Waals surface area contributed by atoms with Crippen LogP contribution in [-0.2, 0) is 0 Å². The van der Waals surface area contributed by atoms with Crippen molar-refractivity contribution in [1.29, 1.82) is 0 Å². The molecule has 6 aliphatic carbocycles. The molecule has 9 heteroatoms. The molecule has 6 aliphatic rings. The van der Waals surface area contributed by atoms with Crippen LogP contribution in [-0.4, -0.2) is 19.5 Å². The molecule has 134 valence electrons. The second-order valence-electron chi connectivity index (χ2n) is 8.23. The number of anilines is 1. The van der Waals surface area contributed by atoms with E-state index < -0.39 is 9.85 Å². The monoisotopic (exact) mass is 466 g/mol. The van der Waals surface area contributed by atoms with E-state index in [2.05, 4.69) is 33.1 Å². The van der Waals surface area contributed by atoms with Gasteiger partial charge in [-0.15, -0.1) is 0 Å². The Morgan fingerprint density at radius 3 is 2.50 bits per heavy atom. The lowest BCUT2D eigenvalue weighted by Crippen LogP contribution is -2.30. The molecule has 6 saturated carbocycles. The van der Waals surface area contributed by atoms with Gasteiger partial charge in [0.1, 0.15) is 5.69 Å². The highest BCUT2D eigenvalue weighted by Gasteiger charge is 2.82. The van der Waals surface area contributed by atoms with Crippen LogP contribution in [0.3, 0.4) is 0 Å². The van der Waals surface area contributed by atoms with E-state index in [0.717, 1.165) is 45.5 Å². The topological polar surface area (TPSA) is 111 Å². The summed E-state index contributed by atoms with van der Waals surface area (Å²) in [6, 6.07) is 3.65. The van der Waals surface area contributed by atoms with Gasteiger partial charge < -0.3 is 0 Å². The van der Waals surface area contributed by atoms with Gasteiger partial charge in [-0.05, 0) is 48.0 Å². The Morgan fingerprint density at radius 1 is 1.04 bits per heavy atom. The maximum atomic E-state index is 11.3. The molecule has 26 heavy (non-hydrogen) atoms. The fourth-order valence-electron chi connectivity index (χ4n) is 7.38. The SMILES string of the molecule is O=[N+]([O-])c1ccc(N/N=C2\[C@H]3[C@H]4[C@@H](I)[C@H]5[C@H]6C[C@H]([C@H]2[C@H]64)[C@H]35)c([N+](=O)[O-])c1. The van der Waals surface area contributed by atoms with Crippen LogP contribution in [0.5, 0.6) is 0 Å². The number of hydrogen-bond acceptors (Lipinski definition) is 6. The number of nitrogens with one attached hydrogen (secondary N) is 1. The second kappa shape index (κ2) is 4.73. The summed E-state index contributed by atoms with van der Waals surface area (Å²) in [7, 11) is 0. The van der Waals surface area contributed by atoms with E-state index >= 15 is 0 Å². The van der Waals surface area contributed by atoms with Crippen molar-refractivity contribution in [3.05, 3.63) is 38.4 Å². The molecule has 0 aromatic heterocycles. The summed E-state index contributed by atoms with van der Waals surface area (Å²) in [6.07, 6.45) is 1.34. The Labute approximate surface area is 161 Å². The molecule has 0 aliphatic heterocycles. The normalized spacial score (nSPS) is 46.8. The maximum Gasteiger partial charge on any atom is 0.301 e. The molecule has 0 amide bonds. The van der Waals surface area contributed by atoms with E-state index in [9.17, 15) is 20.2 Å². The van der Waals surface area contributed by atoms with Crippen molar-refractivity contribution < 1.29 is 9.85 Å². The summed E-state index contributed by atoms with van der Waals surface area (Å²) < 4.78 is 0.758. The first kappa shape index (κ1) is 15.3. The van der Waals surface area contributed by atoms with Crippen molar-refractivity contribution in [2.75, 3.05) is 5.43 Å². The first-order valence-corrected chi connectivity index (χ1v) is 10.1. The molecular weight excluding hydrogens is 451 g/mol. The van der Waals surface area contributed by atoms with Crippen molar-refractivity contribution >= 4 is 45.4 Å². The highest BCUT2D eigenvalue weighted by Crippen LogP contribution is 2.82. The van der Waals surface area contributed by atoms with Gasteiger partial charge in [0.05, 0.1) is 15.9 Å². The fraction of sp³-hybridized carbons (Fsp3) is 0.588. The summed E-state index contributed by atoms with van der Waals surface area (Å²) in [4.78, 5) is 20.9. The van der Waals surface area contributed by atoms with E-state index in [4.69, 9.17) is 0 Å². The first-order chi connectivity index (χ1) is 12.5. The molecule has 8 nitrogen and oxygen atoms in total. The van der Waals surface area contributed by atoms with Gasteiger partial charge in [-0.2, -0.15) is 5.10 Å². The Bertz CT molecular complexity index is 918. The molecule has 0 radical (unpaired) electrons. The Morgan fingerprint density at radius 2 is 1.81 bits per heavy atom. The minimum absolute atomic E-state index is 0.220. The fourth-order valence-corrected chi connectivity index (χ4v) is 9.32. The van der Waals surface area contributed by atoms with Crippen LogP contribution in [0.2, 0.25) is 0 Å². The van der Waals surface area contributed by atoms with Gasteiger partial charge in [0.2, 0.25) is 0 Å². The van der Waals surface area contributed by atoms with Crippen LogP contribution in [0.1, 0.15) is 6.42 Å². The zero-order valence-electron chi connectivity index (χ0n) is 13.5. The summed E-state index contributed by atoms with van der Waals surface area (Å²) in [5.41, 5.74) is 3.72. The predicted molar refractivity (Wildman–Crippen MR) is 101 cm³/mol. The average Bonchev–Trinajstić information content (AvgIpc) is 3.35. The molecule has 0 unspecified atom stereocenters. The van der Waals surface area contributed by atoms with Gasteiger partial charge in [-0.3, -0.25) is 25.7 Å². The van der Waals surface area contributed by atoms with Crippen LogP contribution in [0.15, 0.2) is 23.3 Å². The predicted octanol–water partition coefficient (Wildman–Crippen LogP) is 3.46. The number of hydrazone groups is 1. The van der Waals surface area contributed by atoms with Crippen LogP contribution >= 0.6 is 22.6 Å². The molecule has 9 atom stereocenters. The van der Waals surface area contributed by atoms with E-state index in [1.54, 1.807) is 0 Å². The average molecular weight is 466 g/mol. The lowest BCUT2D eigenvalue weighted by molar-refractivity contribution is -0.393. The number of rotatable bonds is 4. The van der Waals surface area contributed by atoms with Crippen molar-refractivity contribution in [2.24, 2.45) is 52.4 Å². The molecule has 1 aromatic rings. The van der Waals surface area contributed by atoms with Gasteiger partial charge >= 0.3 is 5.69 Å². The van der Waals surface area contributed by atoms with Crippen LogP contribution < -0.4 is 5.43 Å². The van der Waals surface area contributed by atoms with Crippen LogP contribution in [0, 0.1) is 67.6 Å². The van der Waals surface area contributed by atoms with Crippen molar-refractivity contribution in [3.63, 3.8) is 0 Å². The second-order valence-corrected chi connectivity index (χ2v) is 9.67. The van der Waals surface area contributed by atoms with Crippen molar-refractivity contribution in [3.8, 4) is 0 Å². The lowest BCUT2D eigenvalue weighted by atomic mass is 9.71. The zero-order chi connectivity index (χ0) is 17.9. The third-order valence-corrected chi connectivity index (χ3v) is 9.40. The van der Waals surface area contributed by atoms with Gasteiger partial charge in [0.25, 0.3) is 5.69 Å². The van der Waals surface area contributed by atoms with Crippen molar-refractivity contribution in [2.45, 2.75) is 10.3 Å². The number of halogens is 1. The number of nitro groups is 2. The largest absolute Gasteiger partial charge is 0.301 e. The molecular formula is C17H15IN4O4. The van der Waals surface area contributed by atoms with Crippen LogP contribution in [0.25, 0.3) is 0 Å². The molecule has 6 bridgehead atoms.